The highest BCUT2D eigenvalue weighted by Gasteiger charge is 2.34. The van der Waals surface area contributed by atoms with Gasteiger partial charge >= 0.3 is 0 Å². The van der Waals surface area contributed by atoms with E-state index in [1.54, 1.807) is 23.1 Å². The Labute approximate surface area is 198 Å². The molecular formula is C26H31F2N3O3. The lowest BCUT2D eigenvalue weighted by Crippen LogP contribution is -2.53. The van der Waals surface area contributed by atoms with Crippen molar-refractivity contribution in [1.82, 2.24) is 15.5 Å². The van der Waals surface area contributed by atoms with Gasteiger partial charge in [-0.3, -0.25) is 14.4 Å². The van der Waals surface area contributed by atoms with Gasteiger partial charge in [-0.15, -0.1) is 0 Å². The van der Waals surface area contributed by atoms with E-state index in [2.05, 4.69) is 10.6 Å². The summed E-state index contributed by atoms with van der Waals surface area (Å²) in [6, 6.07) is 10.7. The molecular weight excluding hydrogens is 440 g/mol. The zero-order valence-corrected chi connectivity index (χ0v) is 19.5. The van der Waals surface area contributed by atoms with Crippen molar-refractivity contribution in [2.24, 2.45) is 11.8 Å². The molecule has 0 aliphatic carbocycles. The largest absolute Gasteiger partial charge is 0.350 e. The van der Waals surface area contributed by atoms with E-state index in [0.29, 0.717) is 32.4 Å². The standard InChI is InChI=1S/C26H31F2N3O3/c1-17(2)14-23(32)30-24(25(33)29-16-18-6-8-21(27)9-7-18)19-10-12-31(13-11-19)26(34)20-4-3-5-22(28)15-20/h3-9,15,17,19,24H,10-14,16H2,1-2H3,(H,29,33)(H,30,32). The molecule has 2 aromatic carbocycles. The van der Waals surface area contributed by atoms with Crippen LogP contribution in [0.15, 0.2) is 48.5 Å². The van der Waals surface area contributed by atoms with E-state index in [-0.39, 0.29) is 47.5 Å². The molecule has 1 saturated heterocycles. The van der Waals surface area contributed by atoms with Crippen LogP contribution < -0.4 is 10.6 Å². The van der Waals surface area contributed by atoms with Crippen LogP contribution in [0.25, 0.3) is 0 Å². The number of benzene rings is 2. The lowest BCUT2D eigenvalue weighted by Gasteiger charge is -2.36. The van der Waals surface area contributed by atoms with Crippen molar-refractivity contribution in [3.8, 4) is 0 Å². The van der Waals surface area contributed by atoms with E-state index < -0.39 is 11.9 Å². The second-order valence-corrected chi connectivity index (χ2v) is 9.13. The van der Waals surface area contributed by atoms with Crippen LogP contribution in [0.4, 0.5) is 8.78 Å². The minimum atomic E-state index is -0.738. The Morgan fingerprint density at radius 2 is 1.68 bits per heavy atom. The minimum absolute atomic E-state index is 0.147. The molecule has 2 aromatic rings. The Morgan fingerprint density at radius 1 is 1.00 bits per heavy atom. The zero-order chi connectivity index (χ0) is 24.7. The number of amides is 3. The third-order valence-electron chi connectivity index (χ3n) is 5.94. The summed E-state index contributed by atoms with van der Waals surface area (Å²) in [5.41, 5.74) is 1.04. The SMILES string of the molecule is CC(C)CC(=O)NC(C(=O)NCc1ccc(F)cc1)C1CCN(C(=O)c2cccc(F)c2)CC1. The quantitative estimate of drug-likeness (QED) is 0.617. The Balaban J connectivity index is 1.64. The van der Waals surface area contributed by atoms with Crippen molar-refractivity contribution < 1.29 is 23.2 Å². The molecule has 0 radical (unpaired) electrons. The Morgan fingerprint density at radius 3 is 2.29 bits per heavy atom. The summed E-state index contributed by atoms with van der Waals surface area (Å²) in [7, 11) is 0. The normalized spacial score (nSPS) is 15.1. The van der Waals surface area contributed by atoms with Crippen LogP contribution in [-0.4, -0.2) is 41.8 Å². The fraction of sp³-hybridized carbons (Fsp3) is 0.423. The van der Waals surface area contributed by atoms with Gasteiger partial charge in [0.25, 0.3) is 5.91 Å². The topological polar surface area (TPSA) is 78.5 Å². The number of carbonyl (C=O) groups excluding carboxylic acids is 3. The number of rotatable bonds is 8. The van der Waals surface area contributed by atoms with Crippen LogP contribution in [0.5, 0.6) is 0 Å². The maximum Gasteiger partial charge on any atom is 0.253 e. The molecule has 1 fully saturated rings. The van der Waals surface area contributed by atoms with Gasteiger partial charge in [0.1, 0.15) is 17.7 Å². The molecule has 2 N–H and O–H groups in total. The predicted octanol–water partition coefficient (Wildman–Crippen LogP) is 3.66. The summed E-state index contributed by atoms with van der Waals surface area (Å²) in [5, 5.41) is 5.72. The van der Waals surface area contributed by atoms with Gasteiger partial charge in [0.15, 0.2) is 0 Å². The Hall–Kier alpha value is -3.29. The number of halogens is 2. The molecule has 3 rings (SSSR count). The number of hydrogen-bond donors (Lipinski definition) is 2. The number of piperidine rings is 1. The van der Waals surface area contributed by atoms with Crippen molar-refractivity contribution in [2.45, 2.75) is 45.7 Å². The molecule has 0 aromatic heterocycles. The van der Waals surface area contributed by atoms with Crippen molar-refractivity contribution in [3.63, 3.8) is 0 Å². The molecule has 0 saturated carbocycles. The monoisotopic (exact) mass is 471 g/mol. The smallest absolute Gasteiger partial charge is 0.253 e. The van der Waals surface area contributed by atoms with Crippen LogP contribution >= 0.6 is 0 Å². The zero-order valence-electron chi connectivity index (χ0n) is 19.5. The lowest BCUT2D eigenvalue weighted by atomic mass is 9.88. The number of nitrogens with zero attached hydrogens (tertiary/aromatic N) is 1. The van der Waals surface area contributed by atoms with Gasteiger partial charge in [-0.2, -0.15) is 0 Å². The Kier molecular flexibility index (Phi) is 8.73. The first-order valence-corrected chi connectivity index (χ1v) is 11.6. The van der Waals surface area contributed by atoms with Gasteiger partial charge in [0, 0.05) is 31.6 Å². The maximum atomic E-state index is 13.5. The van der Waals surface area contributed by atoms with Gasteiger partial charge in [-0.1, -0.05) is 32.0 Å². The van der Waals surface area contributed by atoms with Gasteiger partial charge in [-0.25, -0.2) is 8.78 Å². The average Bonchev–Trinajstić information content (AvgIpc) is 2.81. The molecule has 8 heteroatoms. The summed E-state index contributed by atoms with van der Waals surface area (Å²) in [6.07, 6.45) is 1.36. The van der Waals surface area contributed by atoms with E-state index in [1.807, 2.05) is 13.8 Å². The molecule has 1 atom stereocenters. The van der Waals surface area contributed by atoms with Crippen LogP contribution in [-0.2, 0) is 16.1 Å². The second-order valence-electron chi connectivity index (χ2n) is 9.13. The first-order valence-electron chi connectivity index (χ1n) is 11.6. The predicted molar refractivity (Wildman–Crippen MR) is 125 cm³/mol. The van der Waals surface area contributed by atoms with Crippen molar-refractivity contribution in [3.05, 3.63) is 71.3 Å². The first-order chi connectivity index (χ1) is 16.2. The molecule has 1 heterocycles. The number of nitrogens with one attached hydrogen (secondary N) is 2. The molecule has 6 nitrogen and oxygen atoms in total. The third kappa shape index (κ3) is 7.10. The van der Waals surface area contributed by atoms with Crippen molar-refractivity contribution >= 4 is 17.7 Å². The number of hydrogen-bond acceptors (Lipinski definition) is 3. The summed E-state index contributed by atoms with van der Waals surface area (Å²) < 4.78 is 26.6. The van der Waals surface area contributed by atoms with Crippen LogP contribution in [0.1, 0.15) is 49.0 Å². The highest BCUT2D eigenvalue weighted by atomic mass is 19.1. The van der Waals surface area contributed by atoms with Gasteiger partial charge in [0.05, 0.1) is 0 Å². The van der Waals surface area contributed by atoms with E-state index in [9.17, 15) is 23.2 Å². The summed E-state index contributed by atoms with van der Waals surface area (Å²) in [6.45, 7) is 4.88. The highest BCUT2D eigenvalue weighted by Crippen LogP contribution is 2.23. The fourth-order valence-electron chi connectivity index (χ4n) is 4.14. The molecule has 34 heavy (non-hydrogen) atoms. The molecule has 0 bridgehead atoms. The van der Waals surface area contributed by atoms with E-state index in [0.717, 1.165) is 5.56 Å². The highest BCUT2D eigenvalue weighted by molar-refractivity contribution is 5.94. The Bertz CT molecular complexity index is 1000. The van der Waals surface area contributed by atoms with E-state index in [1.165, 1.54) is 30.3 Å². The van der Waals surface area contributed by atoms with Crippen LogP contribution in [0, 0.1) is 23.5 Å². The molecule has 1 aliphatic heterocycles. The van der Waals surface area contributed by atoms with Gasteiger partial charge < -0.3 is 15.5 Å². The first kappa shape index (κ1) is 25.3. The van der Waals surface area contributed by atoms with Gasteiger partial charge in [-0.05, 0) is 60.6 Å². The minimum Gasteiger partial charge on any atom is -0.350 e. The molecule has 3 amide bonds. The third-order valence-corrected chi connectivity index (χ3v) is 5.94. The molecule has 1 aliphatic rings. The number of carbonyl (C=O) groups is 3. The summed E-state index contributed by atoms with van der Waals surface area (Å²) >= 11 is 0. The van der Waals surface area contributed by atoms with Crippen LogP contribution in [0.2, 0.25) is 0 Å². The number of likely N-dealkylation sites (tertiary alicyclic amines) is 1. The van der Waals surface area contributed by atoms with Crippen LogP contribution in [0.3, 0.4) is 0 Å². The lowest BCUT2D eigenvalue weighted by molar-refractivity contribution is -0.131. The maximum absolute atomic E-state index is 13.5. The second kappa shape index (κ2) is 11.7. The van der Waals surface area contributed by atoms with Crippen molar-refractivity contribution in [2.75, 3.05) is 13.1 Å². The summed E-state index contributed by atoms with van der Waals surface area (Å²) in [5.74, 6) is -1.58. The average molecular weight is 472 g/mol. The van der Waals surface area contributed by atoms with Gasteiger partial charge in [0.2, 0.25) is 11.8 Å². The van der Waals surface area contributed by atoms with Crippen molar-refractivity contribution in [1.29, 1.82) is 0 Å². The van der Waals surface area contributed by atoms with E-state index in [4.69, 9.17) is 0 Å². The molecule has 182 valence electrons. The molecule has 1 unspecified atom stereocenters. The fourth-order valence-corrected chi connectivity index (χ4v) is 4.14. The van der Waals surface area contributed by atoms with E-state index >= 15 is 0 Å². The molecule has 0 spiro atoms. The summed E-state index contributed by atoms with van der Waals surface area (Å²) in [4.78, 5) is 39.9.